The van der Waals surface area contributed by atoms with E-state index >= 15 is 0 Å². The number of carbonyl (C=O) groups is 2. The van der Waals surface area contributed by atoms with E-state index in [9.17, 15) is 9.59 Å². The van der Waals surface area contributed by atoms with Crippen LogP contribution in [0.3, 0.4) is 0 Å². The molecule has 2 N–H and O–H groups in total. The Morgan fingerprint density at radius 2 is 1.81 bits per heavy atom. The minimum atomic E-state index is -0.724. The van der Waals surface area contributed by atoms with Gasteiger partial charge in [0.2, 0.25) is 5.91 Å². The molecule has 0 radical (unpaired) electrons. The number of hydrogen-bond acceptors (Lipinski definition) is 7. The fraction of sp³-hybridized carbons (Fsp3) is 0.462. The number of hydroxylamine groups is 2. The number of carbonyl (C=O) groups excluding carboxylic acids is 2. The number of aromatic amines is 1. The van der Waals surface area contributed by atoms with Gasteiger partial charge in [0.05, 0.1) is 11.7 Å². The van der Waals surface area contributed by atoms with E-state index in [1.54, 1.807) is 23.7 Å². The molecule has 0 spiro atoms. The number of pyridine rings is 1. The topological polar surface area (TPSA) is 107 Å². The first-order valence-electron chi connectivity index (χ1n) is 12.7. The van der Waals surface area contributed by atoms with Gasteiger partial charge in [0.1, 0.15) is 6.04 Å². The van der Waals surface area contributed by atoms with Crippen LogP contribution >= 0.6 is 0 Å². The maximum atomic E-state index is 13.7. The third-order valence-electron chi connectivity index (χ3n) is 6.98. The van der Waals surface area contributed by atoms with Crippen LogP contribution in [0, 0.1) is 6.92 Å². The number of benzene rings is 1. The summed E-state index contributed by atoms with van der Waals surface area (Å²) in [5, 5.41) is 12.7. The number of amides is 2. The van der Waals surface area contributed by atoms with E-state index in [0.717, 1.165) is 73.2 Å². The standard InChI is InChI=1S/C26H33N7O3/c1-19-15-20(16-21-18-28-30-24(19)21)17-23(29-26(35)36-33-9-3-2-4-10-33)25(34)32-13-11-31(12-14-32)22-5-7-27-8-6-22/h5-8,15-16,18,23H,2-4,9-14,17H2,1H3,(H,28,30)(H,29,35). The zero-order valence-electron chi connectivity index (χ0n) is 20.7. The van der Waals surface area contributed by atoms with E-state index in [4.69, 9.17) is 4.84 Å². The normalized spacial score (nSPS) is 17.7. The average molecular weight is 492 g/mol. The fourth-order valence-corrected chi connectivity index (χ4v) is 5.07. The fourth-order valence-electron chi connectivity index (χ4n) is 5.07. The molecule has 0 bridgehead atoms. The molecule has 3 aromatic rings. The van der Waals surface area contributed by atoms with Crippen molar-refractivity contribution in [2.75, 3.05) is 44.2 Å². The summed E-state index contributed by atoms with van der Waals surface area (Å²) in [4.78, 5) is 40.2. The number of rotatable bonds is 6. The molecule has 0 aliphatic carbocycles. The van der Waals surface area contributed by atoms with Crippen molar-refractivity contribution in [3.63, 3.8) is 0 Å². The molecule has 2 aliphatic heterocycles. The van der Waals surface area contributed by atoms with Crippen molar-refractivity contribution in [2.45, 2.75) is 38.6 Å². The van der Waals surface area contributed by atoms with Crippen LogP contribution in [0.1, 0.15) is 30.4 Å². The van der Waals surface area contributed by atoms with Gasteiger partial charge in [-0.25, -0.2) is 4.79 Å². The first kappa shape index (κ1) is 24.1. The quantitative estimate of drug-likeness (QED) is 0.546. The van der Waals surface area contributed by atoms with Gasteiger partial charge in [-0.2, -0.15) is 5.10 Å². The second kappa shape index (κ2) is 10.9. The average Bonchev–Trinajstić information content (AvgIpc) is 3.38. The number of nitrogens with one attached hydrogen (secondary N) is 2. The Hall–Kier alpha value is -3.66. The van der Waals surface area contributed by atoms with Crippen LogP contribution in [0.2, 0.25) is 0 Å². The van der Waals surface area contributed by atoms with Crippen LogP contribution in [0.25, 0.3) is 10.9 Å². The minimum absolute atomic E-state index is 0.0927. The molecular formula is C26H33N7O3. The second-order valence-electron chi connectivity index (χ2n) is 9.53. The number of fused-ring (bicyclic) bond motifs is 1. The molecule has 2 amide bonds. The number of aryl methyl sites for hydroxylation is 1. The third-order valence-corrected chi connectivity index (χ3v) is 6.98. The number of H-pyrrole nitrogens is 1. The lowest BCUT2D eigenvalue weighted by molar-refractivity contribution is -0.135. The molecule has 36 heavy (non-hydrogen) atoms. The predicted molar refractivity (Wildman–Crippen MR) is 136 cm³/mol. The summed E-state index contributed by atoms with van der Waals surface area (Å²) in [5.74, 6) is -0.0927. The summed E-state index contributed by atoms with van der Waals surface area (Å²) in [6.07, 6.45) is 8.28. The highest BCUT2D eigenvalue weighted by Gasteiger charge is 2.30. The van der Waals surface area contributed by atoms with Crippen LogP contribution < -0.4 is 10.2 Å². The van der Waals surface area contributed by atoms with Crippen molar-refractivity contribution in [1.29, 1.82) is 0 Å². The van der Waals surface area contributed by atoms with Crippen molar-refractivity contribution in [3.8, 4) is 0 Å². The lowest BCUT2D eigenvalue weighted by Gasteiger charge is -2.37. The second-order valence-corrected chi connectivity index (χ2v) is 9.53. The van der Waals surface area contributed by atoms with E-state index in [0.29, 0.717) is 19.5 Å². The minimum Gasteiger partial charge on any atom is -0.368 e. The van der Waals surface area contributed by atoms with Crippen molar-refractivity contribution in [2.24, 2.45) is 0 Å². The molecule has 1 atom stereocenters. The molecule has 2 saturated heterocycles. The highest BCUT2D eigenvalue weighted by molar-refractivity contribution is 5.87. The number of piperazine rings is 1. The van der Waals surface area contributed by atoms with Gasteiger partial charge < -0.3 is 20.0 Å². The van der Waals surface area contributed by atoms with Gasteiger partial charge in [-0.15, -0.1) is 5.06 Å². The number of nitrogens with zero attached hydrogens (tertiary/aromatic N) is 5. The smallest absolute Gasteiger partial charge is 0.368 e. The summed E-state index contributed by atoms with van der Waals surface area (Å²) in [7, 11) is 0. The van der Waals surface area contributed by atoms with E-state index in [1.165, 1.54) is 0 Å². The van der Waals surface area contributed by atoms with Crippen molar-refractivity contribution < 1.29 is 14.4 Å². The maximum Gasteiger partial charge on any atom is 0.426 e. The SMILES string of the molecule is Cc1cc(CC(NC(=O)ON2CCCCC2)C(=O)N2CCN(c3ccncc3)CC2)cc2cn[nH]c12. The molecule has 4 heterocycles. The maximum absolute atomic E-state index is 13.7. The lowest BCUT2D eigenvalue weighted by atomic mass is 10.0. The summed E-state index contributed by atoms with van der Waals surface area (Å²) in [6, 6.07) is 7.29. The van der Waals surface area contributed by atoms with Crippen LogP contribution in [-0.4, -0.2) is 82.5 Å². The third kappa shape index (κ3) is 5.59. The summed E-state index contributed by atoms with van der Waals surface area (Å²) < 4.78 is 0. The van der Waals surface area contributed by atoms with Gasteiger partial charge in [-0.05, 0) is 49.1 Å². The number of aromatic nitrogens is 3. The monoisotopic (exact) mass is 491 g/mol. The van der Waals surface area contributed by atoms with Crippen LogP contribution in [0.15, 0.2) is 42.9 Å². The van der Waals surface area contributed by atoms with E-state index < -0.39 is 12.1 Å². The zero-order valence-corrected chi connectivity index (χ0v) is 20.7. The number of anilines is 1. The molecule has 190 valence electrons. The van der Waals surface area contributed by atoms with Crippen LogP contribution in [-0.2, 0) is 16.1 Å². The molecule has 5 rings (SSSR count). The van der Waals surface area contributed by atoms with Crippen LogP contribution in [0.4, 0.5) is 10.5 Å². The van der Waals surface area contributed by atoms with Crippen molar-refractivity contribution >= 4 is 28.6 Å². The first-order valence-corrected chi connectivity index (χ1v) is 12.7. The van der Waals surface area contributed by atoms with Crippen molar-refractivity contribution in [1.82, 2.24) is 30.5 Å². The molecule has 0 saturated carbocycles. The summed E-state index contributed by atoms with van der Waals surface area (Å²) in [5.41, 5.74) is 4.09. The van der Waals surface area contributed by atoms with Crippen LogP contribution in [0.5, 0.6) is 0 Å². The molecule has 2 fully saturated rings. The number of hydrogen-bond donors (Lipinski definition) is 2. The molecular weight excluding hydrogens is 458 g/mol. The Balaban J connectivity index is 1.29. The van der Waals surface area contributed by atoms with E-state index in [2.05, 4.69) is 25.4 Å². The highest BCUT2D eigenvalue weighted by atomic mass is 16.7. The Morgan fingerprint density at radius 1 is 1.06 bits per heavy atom. The Labute approximate surface area is 210 Å². The van der Waals surface area contributed by atoms with Gasteiger partial charge in [0.25, 0.3) is 0 Å². The Kier molecular flexibility index (Phi) is 7.31. The molecule has 2 aliphatic rings. The first-order chi connectivity index (χ1) is 17.6. The van der Waals surface area contributed by atoms with Gasteiger partial charge >= 0.3 is 6.09 Å². The molecule has 1 aromatic carbocycles. The Morgan fingerprint density at radius 3 is 2.56 bits per heavy atom. The zero-order chi connectivity index (χ0) is 24.9. The van der Waals surface area contributed by atoms with E-state index in [-0.39, 0.29) is 5.91 Å². The summed E-state index contributed by atoms with van der Waals surface area (Å²) in [6.45, 7) is 6.07. The lowest BCUT2D eigenvalue weighted by Crippen LogP contribution is -2.56. The molecule has 2 aromatic heterocycles. The summed E-state index contributed by atoms with van der Waals surface area (Å²) >= 11 is 0. The van der Waals surface area contributed by atoms with E-state index in [1.807, 2.05) is 36.1 Å². The largest absolute Gasteiger partial charge is 0.426 e. The highest BCUT2D eigenvalue weighted by Crippen LogP contribution is 2.21. The number of piperidine rings is 1. The Bertz CT molecular complexity index is 1180. The van der Waals surface area contributed by atoms with Gasteiger partial charge in [-0.1, -0.05) is 12.5 Å². The van der Waals surface area contributed by atoms with Gasteiger partial charge in [0.15, 0.2) is 0 Å². The van der Waals surface area contributed by atoms with Crippen molar-refractivity contribution in [3.05, 3.63) is 54.0 Å². The predicted octanol–water partition coefficient (Wildman–Crippen LogP) is 2.65. The van der Waals surface area contributed by atoms with Gasteiger partial charge in [0, 0.05) is 69.2 Å². The molecule has 10 nitrogen and oxygen atoms in total. The molecule has 1 unspecified atom stereocenters. The molecule has 10 heteroatoms. The van der Waals surface area contributed by atoms with Gasteiger partial charge in [-0.3, -0.25) is 14.9 Å².